The van der Waals surface area contributed by atoms with E-state index in [9.17, 15) is 14.7 Å². The Kier molecular flexibility index (Phi) is 5.49. The van der Waals surface area contributed by atoms with Gasteiger partial charge in [0.15, 0.2) is 0 Å². The van der Waals surface area contributed by atoms with E-state index in [1.807, 2.05) is 19.9 Å². The first-order valence-corrected chi connectivity index (χ1v) is 6.20. The lowest BCUT2D eigenvalue weighted by atomic mass is 10.0. The van der Waals surface area contributed by atoms with Crippen molar-refractivity contribution in [1.29, 1.82) is 5.26 Å². The van der Waals surface area contributed by atoms with Crippen LogP contribution < -0.4 is 0 Å². The highest BCUT2D eigenvalue weighted by atomic mass is 16.5. The highest BCUT2D eigenvalue weighted by Gasteiger charge is 2.12. The summed E-state index contributed by atoms with van der Waals surface area (Å²) in [4.78, 5) is 22.3. The molecule has 6 nitrogen and oxygen atoms in total. The molecule has 6 heteroatoms. The summed E-state index contributed by atoms with van der Waals surface area (Å²) in [5.41, 5.74) is -0.0593. The summed E-state index contributed by atoms with van der Waals surface area (Å²) in [5.74, 6) is -2.25. The minimum absolute atomic E-state index is 0.0176. The number of benzene rings is 1. The van der Waals surface area contributed by atoms with E-state index in [0.717, 1.165) is 18.2 Å². The Morgan fingerprint density at radius 3 is 2.57 bits per heavy atom. The van der Waals surface area contributed by atoms with Crippen molar-refractivity contribution in [2.75, 3.05) is 6.61 Å². The van der Waals surface area contributed by atoms with Crippen LogP contribution in [0, 0.1) is 17.2 Å². The third-order valence-corrected chi connectivity index (χ3v) is 2.48. The van der Waals surface area contributed by atoms with Crippen LogP contribution in [0.5, 0.6) is 5.75 Å². The summed E-state index contributed by atoms with van der Waals surface area (Å²) in [6.45, 7) is 3.99. The van der Waals surface area contributed by atoms with Crippen LogP contribution in [0.2, 0.25) is 0 Å². The molecule has 0 amide bonds. The number of nitrogens with zero attached hydrogens (tertiary/aromatic N) is 1. The summed E-state index contributed by atoms with van der Waals surface area (Å²) < 4.78 is 4.93. The van der Waals surface area contributed by atoms with Gasteiger partial charge in [0, 0.05) is 6.08 Å². The molecule has 2 N–H and O–H groups in total. The van der Waals surface area contributed by atoms with Gasteiger partial charge in [0.25, 0.3) is 0 Å². The molecule has 0 aliphatic heterocycles. The highest BCUT2D eigenvalue weighted by molar-refractivity contribution is 5.97. The normalized spacial score (nSPS) is 11.0. The third kappa shape index (κ3) is 4.66. The Morgan fingerprint density at radius 2 is 2.10 bits per heavy atom. The molecule has 0 saturated heterocycles. The van der Waals surface area contributed by atoms with Crippen molar-refractivity contribution in [3.05, 3.63) is 35.4 Å². The van der Waals surface area contributed by atoms with Gasteiger partial charge in [0.1, 0.15) is 17.4 Å². The van der Waals surface area contributed by atoms with Gasteiger partial charge >= 0.3 is 11.9 Å². The second-order valence-electron chi connectivity index (χ2n) is 4.73. The SMILES string of the molecule is CC(C)COC(=O)C=C(C#N)c1ccc(C(=O)O)c(O)c1. The minimum atomic E-state index is -1.28. The van der Waals surface area contributed by atoms with Crippen LogP contribution in [0.15, 0.2) is 24.3 Å². The first-order valence-electron chi connectivity index (χ1n) is 6.20. The molecule has 110 valence electrons. The lowest BCUT2D eigenvalue weighted by Gasteiger charge is -2.06. The predicted octanol–water partition coefficient (Wildman–Crippen LogP) is 2.20. The smallest absolute Gasteiger partial charge is 0.339 e. The van der Waals surface area contributed by atoms with Crippen molar-refractivity contribution >= 4 is 17.5 Å². The molecule has 0 aromatic heterocycles. The molecule has 0 bridgehead atoms. The molecule has 0 unspecified atom stereocenters. The lowest BCUT2D eigenvalue weighted by Crippen LogP contribution is -2.07. The monoisotopic (exact) mass is 289 g/mol. The maximum absolute atomic E-state index is 11.5. The Morgan fingerprint density at radius 1 is 1.43 bits per heavy atom. The van der Waals surface area contributed by atoms with Gasteiger partial charge in [0.05, 0.1) is 12.2 Å². The summed E-state index contributed by atoms with van der Waals surface area (Å²) in [6, 6.07) is 5.44. The van der Waals surface area contributed by atoms with Gasteiger partial charge in [-0.25, -0.2) is 9.59 Å². The Bertz CT molecular complexity index is 625. The minimum Gasteiger partial charge on any atom is -0.507 e. The van der Waals surface area contributed by atoms with E-state index in [-0.39, 0.29) is 29.2 Å². The molecule has 1 rings (SSSR count). The van der Waals surface area contributed by atoms with E-state index in [2.05, 4.69) is 0 Å². The number of hydrogen-bond acceptors (Lipinski definition) is 5. The Hall–Kier alpha value is -2.81. The lowest BCUT2D eigenvalue weighted by molar-refractivity contribution is -0.138. The summed E-state index contributed by atoms with van der Waals surface area (Å²) in [5, 5.41) is 27.4. The van der Waals surface area contributed by atoms with Crippen LogP contribution >= 0.6 is 0 Å². The maximum atomic E-state index is 11.5. The molecule has 0 spiro atoms. The summed E-state index contributed by atoms with van der Waals surface area (Å²) in [7, 11) is 0. The molecule has 0 radical (unpaired) electrons. The third-order valence-electron chi connectivity index (χ3n) is 2.48. The zero-order valence-electron chi connectivity index (χ0n) is 11.7. The van der Waals surface area contributed by atoms with Gasteiger partial charge in [-0.2, -0.15) is 5.26 Å². The standard InChI is InChI=1S/C15H15NO5/c1-9(2)8-21-14(18)6-11(7-16)10-3-4-12(15(19)20)13(17)5-10/h3-6,9,17H,8H2,1-2H3,(H,19,20). The number of ether oxygens (including phenoxy) is 1. The molecule has 0 aliphatic rings. The van der Waals surface area contributed by atoms with Gasteiger partial charge in [-0.15, -0.1) is 0 Å². The molecule has 0 aliphatic carbocycles. The molecule has 0 fully saturated rings. The van der Waals surface area contributed by atoms with Crippen molar-refractivity contribution in [2.24, 2.45) is 5.92 Å². The van der Waals surface area contributed by atoms with E-state index in [1.165, 1.54) is 6.07 Å². The molecule has 1 aromatic rings. The van der Waals surface area contributed by atoms with Crippen molar-refractivity contribution < 1.29 is 24.5 Å². The summed E-state index contributed by atoms with van der Waals surface area (Å²) in [6.07, 6.45) is 1.01. The van der Waals surface area contributed by atoms with E-state index >= 15 is 0 Å². The van der Waals surface area contributed by atoms with Crippen molar-refractivity contribution in [3.8, 4) is 11.8 Å². The molecule has 1 aromatic carbocycles. The van der Waals surface area contributed by atoms with E-state index in [0.29, 0.717) is 0 Å². The van der Waals surface area contributed by atoms with Gasteiger partial charge in [-0.3, -0.25) is 0 Å². The average molecular weight is 289 g/mol. The number of phenols is 1. The van der Waals surface area contributed by atoms with E-state index in [4.69, 9.17) is 15.1 Å². The van der Waals surface area contributed by atoms with Crippen LogP contribution in [0.1, 0.15) is 29.8 Å². The maximum Gasteiger partial charge on any atom is 0.339 e. The molecule has 0 atom stereocenters. The molecule has 21 heavy (non-hydrogen) atoms. The number of aromatic carboxylic acids is 1. The number of carbonyl (C=O) groups is 2. The quantitative estimate of drug-likeness (QED) is 0.488. The van der Waals surface area contributed by atoms with Crippen molar-refractivity contribution in [1.82, 2.24) is 0 Å². The first kappa shape index (κ1) is 16.2. The van der Waals surface area contributed by atoms with Crippen molar-refractivity contribution in [3.63, 3.8) is 0 Å². The molecule has 0 saturated carbocycles. The number of carboxylic acid groups (broad SMARTS) is 1. The fourth-order valence-corrected chi connectivity index (χ4v) is 1.47. The number of rotatable bonds is 5. The van der Waals surface area contributed by atoms with Crippen LogP contribution in [0.25, 0.3) is 5.57 Å². The fourth-order valence-electron chi connectivity index (χ4n) is 1.47. The first-order chi connectivity index (χ1) is 9.85. The number of hydrogen-bond donors (Lipinski definition) is 2. The van der Waals surface area contributed by atoms with Crippen molar-refractivity contribution in [2.45, 2.75) is 13.8 Å². The number of carbonyl (C=O) groups excluding carboxylic acids is 1. The predicted molar refractivity (Wildman–Crippen MR) is 74.5 cm³/mol. The number of esters is 1. The number of allylic oxidation sites excluding steroid dienone is 1. The van der Waals surface area contributed by atoms with Gasteiger partial charge < -0.3 is 14.9 Å². The van der Waals surface area contributed by atoms with Gasteiger partial charge in [0.2, 0.25) is 0 Å². The average Bonchev–Trinajstić information content (AvgIpc) is 2.41. The van der Waals surface area contributed by atoms with E-state index < -0.39 is 17.7 Å². The number of nitriles is 1. The summed E-state index contributed by atoms with van der Waals surface area (Å²) >= 11 is 0. The number of carboxylic acids is 1. The van der Waals surface area contributed by atoms with E-state index in [1.54, 1.807) is 0 Å². The Balaban J connectivity index is 3.00. The van der Waals surface area contributed by atoms with Crippen LogP contribution in [-0.4, -0.2) is 28.8 Å². The van der Waals surface area contributed by atoms with Crippen LogP contribution in [0.3, 0.4) is 0 Å². The topological polar surface area (TPSA) is 108 Å². The van der Waals surface area contributed by atoms with Gasteiger partial charge in [-0.1, -0.05) is 19.9 Å². The largest absolute Gasteiger partial charge is 0.507 e. The van der Waals surface area contributed by atoms with Crippen LogP contribution in [0.4, 0.5) is 0 Å². The Labute approximate surface area is 121 Å². The highest BCUT2D eigenvalue weighted by Crippen LogP contribution is 2.23. The molecule has 0 heterocycles. The second-order valence-corrected chi connectivity index (χ2v) is 4.73. The second kappa shape index (κ2) is 7.10. The zero-order chi connectivity index (χ0) is 16.0. The number of aromatic hydroxyl groups is 1. The van der Waals surface area contributed by atoms with Crippen LogP contribution in [-0.2, 0) is 9.53 Å². The zero-order valence-corrected chi connectivity index (χ0v) is 11.7. The molecular weight excluding hydrogens is 274 g/mol. The molecular formula is C15H15NO5. The fraction of sp³-hybridized carbons (Fsp3) is 0.267. The van der Waals surface area contributed by atoms with Gasteiger partial charge in [-0.05, 0) is 23.6 Å².